The molecule has 0 aliphatic heterocycles. The van der Waals surface area contributed by atoms with Crippen molar-refractivity contribution in [1.29, 1.82) is 0 Å². The third kappa shape index (κ3) is 8.86. The van der Waals surface area contributed by atoms with Gasteiger partial charge >= 0.3 is 0 Å². The number of hydrogen-bond acceptors (Lipinski definition) is 3. The minimum atomic E-state index is 0.0127. The van der Waals surface area contributed by atoms with Gasteiger partial charge in [0.1, 0.15) is 5.78 Å². The Morgan fingerprint density at radius 2 is 1.71 bits per heavy atom. The molecule has 0 spiro atoms. The Hall–Kier alpha value is -0.900. The Balaban J connectivity index is 3.30. The molecule has 0 saturated carbocycles. The summed E-state index contributed by atoms with van der Waals surface area (Å²) < 4.78 is 5.33. The minimum absolute atomic E-state index is 0.0127. The van der Waals surface area contributed by atoms with E-state index in [1.54, 1.807) is 0 Å². The third-order valence-electron chi connectivity index (χ3n) is 2.43. The number of ether oxygens (including phenoxy) is 1. The molecule has 100 valence electrons. The molecule has 0 saturated heterocycles. The number of ketones is 1. The number of hydrogen-bond donors (Lipinski definition) is 1. The summed E-state index contributed by atoms with van der Waals surface area (Å²) in [4.78, 5) is 22.5. The van der Waals surface area contributed by atoms with Gasteiger partial charge < -0.3 is 10.1 Å². The summed E-state index contributed by atoms with van der Waals surface area (Å²) in [6.45, 7) is 9.15. The summed E-state index contributed by atoms with van der Waals surface area (Å²) in [5.74, 6) is 0.448. The molecular weight excluding hydrogens is 218 g/mol. The number of Topliss-reactive ketones (excluding diaryl/α,β-unsaturated/α-hetero) is 1. The van der Waals surface area contributed by atoms with Crippen molar-refractivity contribution in [2.24, 2.45) is 11.8 Å². The number of nitrogens with one attached hydrogen (secondary N) is 1. The zero-order chi connectivity index (χ0) is 13.3. The summed E-state index contributed by atoms with van der Waals surface area (Å²) in [5, 5.41) is 2.77. The number of rotatable bonds is 9. The first-order valence-electron chi connectivity index (χ1n) is 6.33. The van der Waals surface area contributed by atoms with E-state index >= 15 is 0 Å². The lowest BCUT2D eigenvalue weighted by atomic mass is 10.1. The van der Waals surface area contributed by atoms with E-state index in [0.717, 1.165) is 6.42 Å². The summed E-state index contributed by atoms with van der Waals surface area (Å²) in [6, 6.07) is 0. The lowest BCUT2D eigenvalue weighted by Gasteiger charge is -2.08. The standard InChI is InChI=1S/C13H25NO3/c1-10(2)12(15)6-5-8-17-9-7-14-13(16)11(3)4/h10-11H,5-9H2,1-4H3,(H,14,16). The van der Waals surface area contributed by atoms with Crippen molar-refractivity contribution >= 4 is 11.7 Å². The van der Waals surface area contributed by atoms with Gasteiger partial charge in [0.2, 0.25) is 5.91 Å². The van der Waals surface area contributed by atoms with Crippen LogP contribution in [0.5, 0.6) is 0 Å². The van der Waals surface area contributed by atoms with Crippen LogP contribution < -0.4 is 5.32 Å². The molecule has 0 heterocycles. The molecule has 17 heavy (non-hydrogen) atoms. The van der Waals surface area contributed by atoms with Crippen molar-refractivity contribution in [3.8, 4) is 0 Å². The van der Waals surface area contributed by atoms with Gasteiger partial charge in [0, 0.05) is 31.4 Å². The van der Waals surface area contributed by atoms with Crippen LogP contribution in [-0.2, 0) is 14.3 Å². The third-order valence-corrected chi connectivity index (χ3v) is 2.43. The average Bonchev–Trinajstić information content (AvgIpc) is 2.26. The number of amides is 1. The SMILES string of the molecule is CC(C)C(=O)CCCOCCNC(=O)C(C)C. The normalized spacial score (nSPS) is 10.9. The van der Waals surface area contributed by atoms with Crippen molar-refractivity contribution in [2.75, 3.05) is 19.8 Å². The van der Waals surface area contributed by atoms with E-state index < -0.39 is 0 Å². The van der Waals surface area contributed by atoms with Gasteiger partial charge in [0.15, 0.2) is 0 Å². The Kier molecular flexibility index (Phi) is 8.68. The van der Waals surface area contributed by atoms with Crippen molar-refractivity contribution in [3.63, 3.8) is 0 Å². The number of carbonyl (C=O) groups excluding carboxylic acids is 2. The molecular formula is C13H25NO3. The first-order valence-corrected chi connectivity index (χ1v) is 6.33. The molecule has 4 nitrogen and oxygen atoms in total. The first kappa shape index (κ1) is 16.1. The zero-order valence-electron chi connectivity index (χ0n) is 11.4. The smallest absolute Gasteiger partial charge is 0.222 e. The molecule has 0 bridgehead atoms. The summed E-state index contributed by atoms with van der Waals surface area (Å²) in [6.07, 6.45) is 1.34. The fraction of sp³-hybridized carbons (Fsp3) is 0.846. The first-order chi connectivity index (χ1) is 7.95. The van der Waals surface area contributed by atoms with E-state index in [4.69, 9.17) is 4.74 Å². The van der Waals surface area contributed by atoms with Crippen LogP contribution in [0.1, 0.15) is 40.5 Å². The summed E-state index contributed by atoms with van der Waals surface area (Å²) in [5.41, 5.74) is 0. The second-order valence-electron chi connectivity index (χ2n) is 4.78. The largest absolute Gasteiger partial charge is 0.380 e. The van der Waals surface area contributed by atoms with Crippen LogP contribution in [0, 0.1) is 11.8 Å². The van der Waals surface area contributed by atoms with E-state index in [0.29, 0.717) is 26.2 Å². The highest BCUT2D eigenvalue weighted by molar-refractivity contribution is 5.80. The van der Waals surface area contributed by atoms with Crippen molar-refractivity contribution in [2.45, 2.75) is 40.5 Å². The molecule has 1 N–H and O–H groups in total. The average molecular weight is 243 g/mol. The van der Waals surface area contributed by atoms with E-state index in [1.807, 2.05) is 27.7 Å². The molecule has 0 atom stereocenters. The van der Waals surface area contributed by atoms with Gasteiger partial charge in [-0.2, -0.15) is 0 Å². The Bertz CT molecular complexity index is 213. The quantitative estimate of drug-likeness (QED) is 0.628. The summed E-state index contributed by atoms with van der Waals surface area (Å²) in [7, 11) is 0. The monoisotopic (exact) mass is 243 g/mol. The highest BCUT2D eigenvalue weighted by Crippen LogP contribution is 2.01. The highest BCUT2D eigenvalue weighted by Gasteiger charge is 2.06. The highest BCUT2D eigenvalue weighted by atomic mass is 16.5. The van der Waals surface area contributed by atoms with Crippen LogP contribution in [0.15, 0.2) is 0 Å². The topological polar surface area (TPSA) is 55.4 Å². The van der Waals surface area contributed by atoms with E-state index in [1.165, 1.54) is 0 Å². The van der Waals surface area contributed by atoms with Crippen LogP contribution in [0.3, 0.4) is 0 Å². The molecule has 0 aromatic heterocycles. The fourth-order valence-corrected chi connectivity index (χ4v) is 1.19. The van der Waals surface area contributed by atoms with Gasteiger partial charge in [0.25, 0.3) is 0 Å². The molecule has 0 radical (unpaired) electrons. The van der Waals surface area contributed by atoms with Gasteiger partial charge in [-0.1, -0.05) is 27.7 Å². The van der Waals surface area contributed by atoms with Crippen molar-refractivity contribution in [1.82, 2.24) is 5.32 Å². The van der Waals surface area contributed by atoms with Crippen LogP contribution >= 0.6 is 0 Å². The molecule has 0 unspecified atom stereocenters. The van der Waals surface area contributed by atoms with Crippen LogP contribution in [0.2, 0.25) is 0 Å². The van der Waals surface area contributed by atoms with Gasteiger partial charge in [-0.15, -0.1) is 0 Å². The maximum atomic E-state index is 11.3. The van der Waals surface area contributed by atoms with Crippen molar-refractivity contribution < 1.29 is 14.3 Å². The van der Waals surface area contributed by atoms with Crippen LogP contribution in [0.25, 0.3) is 0 Å². The van der Waals surface area contributed by atoms with Crippen LogP contribution in [-0.4, -0.2) is 31.4 Å². The van der Waals surface area contributed by atoms with Gasteiger partial charge in [0.05, 0.1) is 6.61 Å². The van der Waals surface area contributed by atoms with Gasteiger partial charge in [-0.25, -0.2) is 0 Å². The molecule has 0 fully saturated rings. The molecule has 0 rings (SSSR count). The zero-order valence-corrected chi connectivity index (χ0v) is 11.4. The van der Waals surface area contributed by atoms with E-state index in [9.17, 15) is 9.59 Å². The second kappa shape index (κ2) is 9.16. The van der Waals surface area contributed by atoms with Crippen LogP contribution in [0.4, 0.5) is 0 Å². The molecule has 0 aromatic rings. The molecule has 1 amide bonds. The maximum Gasteiger partial charge on any atom is 0.222 e. The lowest BCUT2D eigenvalue weighted by molar-refractivity contribution is -0.124. The Labute approximate surface area is 104 Å². The van der Waals surface area contributed by atoms with Gasteiger partial charge in [-0.05, 0) is 6.42 Å². The predicted octanol–water partition coefficient (Wildman–Crippen LogP) is 1.78. The molecule has 0 aromatic carbocycles. The Morgan fingerprint density at radius 1 is 1.06 bits per heavy atom. The fourth-order valence-electron chi connectivity index (χ4n) is 1.19. The number of carbonyl (C=O) groups is 2. The lowest BCUT2D eigenvalue weighted by Crippen LogP contribution is -2.30. The van der Waals surface area contributed by atoms with E-state index in [-0.39, 0.29) is 23.5 Å². The molecule has 0 aliphatic carbocycles. The second-order valence-corrected chi connectivity index (χ2v) is 4.78. The van der Waals surface area contributed by atoms with Gasteiger partial charge in [-0.3, -0.25) is 9.59 Å². The predicted molar refractivity (Wildman–Crippen MR) is 67.7 cm³/mol. The van der Waals surface area contributed by atoms with Crippen molar-refractivity contribution in [3.05, 3.63) is 0 Å². The summed E-state index contributed by atoms with van der Waals surface area (Å²) >= 11 is 0. The molecule has 0 aliphatic rings. The maximum absolute atomic E-state index is 11.3. The van der Waals surface area contributed by atoms with E-state index in [2.05, 4.69) is 5.32 Å². The minimum Gasteiger partial charge on any atom is -0.380 e. The Morgan fingerprint density at radius 3 is 2.24 bits per heavy atom. The molecule has 4 heteroatoms.